The van der Waals surface area contributed by atoms with Gasteiger partial charge in [-0.15, -0.1) is 0 Å². The van der Waals surface area contributed by atoms with Crippen LogP contribution in [0.25, 0.3) is 0 Å². The van der Waals surface area contributed by atoms with Crippen LogP contribution in [0.4, 0.5) is 0 Å². The van der Waals surface area contributed by atoms with Gasteiger partial charge in [-0.1, -0.05) is 12.1 Å². The van der Waals surface area contributed by atoms with Gasteiger partial charge < -0.3 is 15.6 Å². The van der Waals surface area contributed by atoms with E-state index in [2.05, 4.69) is 0 Å². The summed E-state index contributed by atoms with van der Waals surface area (Å²) < 4.78 is 4.93. The van der Waals surface area contributed by atoms with E-state index in [1.807, 2.05) is 12.1 Å². The van der Waals surface area contributed by atoms with E-state index < -0.39 is 0 Å². The first-order chi connectivity index (χ1) is 6.22. The van der Waals surface area contributed by atoms with Crippen LogP contribution in [-0.2, 0) is 11.2 Å². The van der Waals surface area contributed by atoms with Crippen molar-refractivity contribution in [3.05, 3.63) is 29.8 Å². The van der Waals surface area contributed by atoms with E-state index in [0.29, 0.717) is 6.61 Å². The molecule has 0 aliphatic carbocycles. The third-order valence-corrected chi connectivity index (χ3v) is 1.81. The quantitative estimate of drug-likeness (QED) is 0.725. The summed E-state index contributed by atoms with van der Waals surface area (Å²) in [6.45, 7) is 0.556. The second-order valence-corrected chi connectivity index (χ2v) is 3.09. The van der Waals surface area contributed by atoms with Crippen LogP contribution in [0, 0.1) is 0 Å². The van der Waals surface area contributed by atoms with Gasteiger partial charge in [0.25, 0.3) is 0 Å². The minimum absolute atomic E-state index is 0.0227. The van der Waals surface area contributed by atoms with Gasteiger partial charge in [0.2, 0.25) is 0 Å². The third-order valence-electron chi connectivity index (χ3n) is 1.81. The standard InChI is InChI=1S/C10H15NO2/c1-13-7-9(11)6-8-2-4-10(12)5-3-8/h2-5,9,12H,6-7,11H2,1H3/t9-/m0/s1. The van der Waals surface area contributed by atoms with Crippen LogP contribution in [0.15, 0.2) is 24.3 Å². The number of methoxy groups -OCH3 is 1. The van der Waals surface area contributed by atoms with Gasteiger partial charge in [0, 0.05) is 13.2 Å². The smallest absolute Gasteiger partial charge is 0.115 e. The monoisotopic (exact) mass is 181 g/mol. The molecule has 0 aromatic heterocycles. The predicted molar refractivity (Wildman–Crippen MR) is 51.7 cm³/mol. The molecule has 0 fully saturated rings. The van der Waals surface area contributed by atoms with Crippen molar-refractivity contribution < 1.29 is 9.84 Å². The number of rotatable bonds is 4. The Kier molecular flexibility index (Phi) is 3.73. The summed E-state index contributed by atoms with van der Waals surface area (Å²) in [4.78, 5) is 0. The molecule has 1 aromatic rings. The summed E-state index contributed by atoms with van der Waals surface area (Å²) in [5.74, 6) is 0.282. The normalized spacial score (nSPS) is 12.8. The molecule has 0 aliphatic heterocycles. The highest BCUT2D eigenvalue weighted by molar-refractivity contribution is 5.26. The molecule has 72 valence electrons. The Hall–Kier alpha value is -1.06. The second-order valence-electron chi connectivity index (χ2n) is 3.09. The molecule has 13 heavy (non-hydrogen) atoms. The molecule has 0 spiro atoms. The van der Waals surface area contributed by atoms with E-state index in [4.69, 9.17) is 15.6 Å². The molecule has 0 unspecified atom stereocenters. The van der Waals surface area contributed by atoms with Gasteiger partial charge >= 0.3 is 0 Å². The highest BCUT2D eigenvalue weighted by Gasteiger charge is 2.02. The molecule has 1 atom stereocenters. The van der Waals surface area contributed by atoms with Crippen LogP contribution in [0.1, 0.15) is 5.56 Å². The Bertz CT molecular complexity index is 246. The van der Waals surface area contributed by atoms with Gasteiger partial charge in [-0.05, 0) is 24.1 Å². The fourth-order valence-corrected chi connectivity index (χ4v) is 1.21. The van der Waals surface area contributed by atoms with Crippen molar-refractivity contribution in [3.8, 4) is 5.75 Å². The number of aromatic hydroxyl groups is 1. The number of ether oxygens (including phenoxy) is 1. The molecule has 0 saturated carbocycles. The lowest BCUT2D eigenvalue weighted by molar-refractivity contribution is 0.180. The van der Waals surface area contributed by atoms with E-state index in [-0.39, 0.29) is 11.8 Å². The number of hydrogen-bond acceptors (Lipinski definition) is 3. The highest BCUT2D eigenvalue weighted by atomic mass is 16.5. The molecule has 0 amide bonds. The van der Waals surface area contributed by atoms with Crippen molar-refractivity contribution in [1.82, 2.24) is 0 Å². The molecule has 1 aromatic carbocycles. The largest absolute Gasteiger partial charge is 0.508 e. The van der Waals surface area contributed by atoms with Crippen LogP contribution < -0.4 is 5.73 Å². The summed E-state index contributed by atoms with van der Waals surface area (Å²) in [5.41, 5.74) is 6.88. The minimum Gasteiger partial charge on any atom is -0.508 e. The van der Waals surface area contributed by atoms with E-state index in [1.54, 1.807) is 19.2 Å². The summed E-state index contributed by atoms with van der Waals surface area (Å²) in [6, 6.07) is 7.08. The van der Waals surface area contributed by atoms with Crippen molar-refractivity contribution in [2.45, 2.75) is 12.5 Å². The van der Waals surface area contributed by atoms with Crippen molar-refractivity contribution in [3.63, 3.8) is 0 Å². The van der Waals surface area contributed by atoms with Crippen LogP contribution in [0.3, 0.4) is 0 Å². The summed E-state index contributed by atoms with van der Waals surface area (Å²) in [5, 5.41) is 9.04. The van der Waals surface area contributed by atoms with Crippen LogP contribution >= 0.6 is 0 Å². The maximum atomic E-state index is 9.04. The van der Waals surface area contributed by atoms with Gasteiger partial charge in [0.15, 0.2) is 0 Å². The molecular weight excluding hydrogens is 166 g/mol. The first-order valence-corrected chi connectivity index (χ1v) is 4.25. The molecule has 0 aliphatic rings. The average Bonchev–Trinajstić information content (AvgIpc) is 2.09. The number of nitrogens with two attached hydrogens (primary N) is 1. The molecule has 3 N–H and O–H groups in total. The lowest BCUT2D eigenvalue weighted by Gasteiger charge is -2.09. The lowest BCUT2D eigenvalue weighted by atomic mass is 10.1. The zero-order chi connectivity index (χ0) is 9.68. The number of hydrogen-bond donors (Lipinski definition) is 2. The van der Waals surface area contributed by atoms with Gasteiger partial charge in [0.05, 0.1) is 6.61 Å². The molecule has 1 rings (SSSR count). The highest BCUT2D eigenvalue weighted by Crippen LogP contribution is 2.10. The average molecular weight is 181 g/mol. The number of phenols is 1. The molecule has 0 bridgehead atoms. The van der Waals surface area contributed by atoms with Gasteiger partial charge in [-0.2, -0.15) is 0 Å². The fraction of sp³-hybridized carbons (Fsp3) is 0.400. The zero-order valence-electron chi connectivity index (χ0n) is 7.73. The Morgan fingerprint density at radius 3 is 2.54 bits per heavy atom. The molecule has 0 radical (unpaired) electrons. The van der Waals surface area contributed by atoms with Crippen LogP contribution in [0.2, 0.25) is 0 Å². The maximum absolute atomic E-state index is 9.04. The van der Waals surface area contributed by atoms with Crippen molar-refractivity contribution in [2.24, 2.45) is 5.73 Å². The Morgan fingerprint density at radius 2 is 2.00 bits per heavy atom. The Labute approximate surface area is 78.1 Å². The third kappa shape index (κ3) is 3.44. The van der Waals surface area contributed by atoms with E-state index >= 15 is 0 Å². The summed E-state index contributed by atoms with van der Waals surface area (Å²) in [6.07, 6.45) is 0.772. The second kappa shape index (κ2) is 4.84. The molecule has 0 heterocycles. The van der Waals surface area contributed by atoms with Gasteiger partial charge in [0.1, 0.15) is 5.75 Å². The Morgan fingerprint density at radius 1 is 1.38 bits per heavy atom. The van der Waals surface area contributed by atoms with Crippen LogP contribution in [-0.4, -0.2) is 24.9 Å². The molecule has 3 nitrogen and oxygen atoms in total. The topological polar surface area (TPSA) is 55.5 Å². The van der Waals surface area contributed by atoms with Crippen molar-refractivity contribution in [1.29, 1.82) is 0 Å². The first-order valence-electron chi connectivity index (χ1n) is 4.25. The summed E-state index contributed by atoms with van der Waals surface area (Å²) in [7, 11) is 1.64. The maximum Gasteiger partial charge on any atom is 0.115 e. The first kappa shape index (κ1) is 10.0. The fourth-order valence-electron chi connectivity index (χ4n) is 1.21. The summed E-state index contributed by atoms with van der Waals surface area (Å²) >= 11 is 0. The lowest BCUT2D eigenvalue weighted by Crippen LogP contribution is -2.27. The zero-order valence-corrected chi connectivity index (χ0v) is 7.73. The predicted octanol–water partition coefficient (Wildman–Crippen LogP) is 0.908. The molecule has 3 heteroatoms. The van der Waals surface area contributed by atoms with E-state index in [9.17, 15) is 0 Å². The van der Waals surface area contributed by atoms with Gasteiger partial charge in [-0.3, -0.25) is 0 Å². The minimum atomic E-state index is 0.0227. The molecular formula is C10H15NO2. The number of phenolic OH excluding ortho intramolecular Hbond substituents is 1. The SMILES string of the molecule is COC[C@@H](N)Cc1ccc(O)cc1. The van der Waals surface area contributed by atoms with Crippen molar-refractivity contribution in [2.75, 3.05) is 13.7 Å². The van der Waals surface area contributed by atoms with E-state index in [1.165, 1.54) is 0 Å². The van der Waals surface area contributed by atoms with Crippen LogP contribution in [0.5, 0.6) is 5.75 Å². The Balaban J connectivity index is 2.49. The van der Waals surface area contributed by atoms with E-state index in [0.717, 1.165) is 12.0 Å². The molecule has 0 saturated heterocycles. The van der Waals surface area contributed by atoms with Crippen molar-refractivity contribution >= 4 is 0 Å². The van der Waals surface area contributed by atoms with Gasteiger partial charge in [-0.25, -0.2) is 0 Å². The number of benzene rings is 1.